The number of alkyl halides is 3. The molecule has 204 valence electrons. The monoisotopic (exact) mass is 556 g/mol. The fraction of sp³-hybridized carbons (Fsp3) is 0.375. The molecule has 0 aliphatic carbocycles. The maximum atomic E-state index is 13.5. The van der Waals surface area contributed by atoms with Gasteiger partial charge < -0.3 is 19.1 Å². The number of benzene rings is 2. The molecule has 3 atom stereocenters. The number of esters is 1. The SMILES string of the molecule is CCOC(=O)CN1C(=O)C2C(NC(Oc3cccc(OC(F)(F)F)c3)N2Cc2ccc(Cl)cc2)N(C)C1=O. The van der Waals surface area contributed by atoms with E-state index in [1.807, 2.05) is 0 Å². The summed E-state index contributed by atoms with van der Waals surface area (Å²) in [5.74, 6) is -1.87. The molecule has 4 rings (SSSR count). The summed E-state index contributed by atoms with van der Waals surface area (Å²) < 4.78 is 52.9. The van der Waals surface area contributed by atoms with Gasteiger partial charge in [0.25, 0.3) is 5.91 Å². The lowest BCUT2D eigenvalue weighted by molar-refractivity contribution is -0.274. The molecule has 38 heavy (non-hydrogen) atoms. The van der Waals surface area contributed by atoms with Crippen LogP contribution in [0.25, 0.3) is 0 Å². The number of rotatable bonds is 8. The van der Waals surface area contributed by atoms with Gasteiger partial charge in [-0.1, -0.05) is 29.8 Å². The molecule has 2 fully saturated rings. The van der Waals surface area contributed by atoms with Crippen LogP contribution in [0.4, 0.5) is 18.0 Å². The van der Waals surface area contributed by atoms with Crippen LogP contribution in [0.15, 0.2) is 48.5 Å². The lowest BCUT2D eigenvalue weighted by Gasteiger charge is -2.40. The van der Waals surface area contributed by atoms with Gasteiger partial charge in [-0.3, -0.25) is 14.5 Å². The average Bonchev–Trinajstić information content (AvgIpc) is 3.19. The van der Waals surface area contributed by atoms with Gasteiger partial charge in [0, 0.05) is 24.7 Å². The highest BCUT2D eigenvalue weighted by Crippen LogP contribution is 2.32. The third-order valence-corrected chi connectivity index (χ3v) is 6.15. The number of halogens is 4. The molecule has 2 saturated heterocycles. The summed E-state index contributed by atoms with van der Waals surface area (Å²) in [5, 5.41) is 3.56. The highest BCUT2D eigenvalue weighted by Gasteiger charge is 2.55. The van der Waals surface area contributed by atoms with Gasteiger partial charge in [0.15, 0.2) is 0 Å². The largest absolute Gasteiger partial charge is 0.573 e. The van der Waals surface area contributed by atoms with E-state index in [0.29, 0.717) is 5.02 Å². The first-order chi connectivity index (χ1) is 18.0. The Morgan fingerprint density at radius 1 is 1.11 bits per heavy atom. The van der Waals surface area contributed by atoms with Crippen LogP contribution in [0.3, 0.4) is 0 Å². The number of urea groups is 1. The van der Waals surface area contributed by atoms with E-state index in [-0.39, 0.29) is 18.9 Å². The van der Waals surface area contributed by atoms with Gasteiger partial charge in [-0.05, 0) is 36.8 Å². The minimum absolute atomic E-state index is 0.0220. The summed E-state index contributed by atoms with van der Waals surface area (Å²) in [6.45, 7) is 1.24. The second-order valence-electron chi connectivity index (χ2n) is 8.47. The number of carbonyl (C=O) groups excluding carboxylic acids is 3. The molecular weight excluding hydrogens is 533 g/mol. The lowest BCUT2D eigenvalue weighted by atomic mass is 10.1. The molecule has 2 heterocycles. The maximum Gasteiger partial charge on any atom is 0.573 e. The molecule has 1 N–H and O–H groups in total. The van der Waals surface area contributed by atoms with Crippen molar-refractivity contribution >= 4 is 29.5 Å². The molecule has 10 nitrogen and oxygen atoms in total. The van der Waals surface area contributed by atoms with Crippen LogP contribution in [0.5, 0.6) is 11.5 Å². The second-order valence-corrected chi connectivity index (χ2v) is 8.91. The minimum atomic E-state index is -4.89. The molecule has 0 bridgehead atoms. The zero-order chi connectivity index (χ0) is 27.6. The van der Waals surface area contributed by atoms with Crippen molar-refractivity contribution in [2.24, 2.45) is 0 Å². The first-order valence-corrected chi connectivity index (χ1v) is 11.9. The predicted octanol–water partition coefficient (Wildman–Crippen LogP) is 3.16. The Balaban J connectivity index is 1.64. The number of nitrogens with one attached hydrogen (secondary N) is 1. The third kappa shape index (κ3) is 6.11. The maximum absolute atomic E-state index is 13.5. The fourth-order valence-corrected chi connectivity index (χ4v) is 4.39. The summed E-state index contributed by atoms with van der Waals surface area (Å²) >= 11 is 6.00. The lowest BCUT2D eigenvalue weighted by Crippen LogP contribution is -2.66. The number of likely N-dealkylation sites (N-methyl/N-ethyl adjacent to an activating group) is 1. The van der Waals surface area contributed by atoms with Gasteiger partial charge in [0.05, 0.1) is 6.61 Å². The van der Waals surface area contributed by atoms with Crippen molar-refractivity contribution < 1.29 is 41.8 Å². The standard InChI is InChI=1S/C24H24ClF3N4O6/c1-3-36-18(33)13-32-21(34)19-20(30(2)23(32)35)29-22(31(19)12-14-7-9-15(25)10-8-14)37-16-5-4-6-17(11-16)38-24(26,27)28/h4-11,19-20,22,29H,3,12-13H2,1-2H3. The molecular formula is C24H24ClF3N4O6. The normalized spacial score (nSPS) is 21.9. The number of imide groups is 1. The van der Waals surface area contributed by atoms with Crippen LogP contribution in [-0.2, 0) is 20.9 Å². The topological polar surface area (TPSA) is 101 Å². The van der Waals surface area contributed by atoms with Gasteiger partial charge >= 0.3 is 18.4 Å². The van der Waals surface area contributed by atoms with Gasteiger partial charge in [0.2, 0.25) is 6.35 Å². The molecule has 0 saturated carbocycles. The molecule has 0 spiro atoms. The van der Waals surface area contributed by atoms with E-state index in [0.717, 1.165) is 22.6 Å². The number of fused-ring (bicyclic) bond motifs is 1. The molecule has 3 amide bonds. The highest BCUT2D eigenvalue weighted by atomic mass is 35.5. The smallest absolute Gasteiger partial charge is 0.465 e. The Kier molecular flexibility index (Phi) is 7.99. The Labute approximate surface area is 220 Å². The number of hydrogen-bond donors (Lipinski definition) is 1. The summed E-state index contributed by atoms with van der Waals surface area (Å²) in [5.41, 5.74) is 0.740. The number of nitrogens with zero attached hydrogens (tertiary/aromatic N) is 3. The summed E-state index contributed by atoms with van der Waals surface area (Å²) in [6.07, 6.45) is -6.80. The Morgan fingerprint density at radius 2 is 1.79 bits per heavy atom. The molecule has 0 radical (unpaired) electrons. The van der Waals surface area contributed by atoms with Crippen LogP contribution in [-0.4, -0.2) is 77.7 Å². The number of ether oxygens (including phenoxy) is 3. The Bertz CT molecular complexity index is 1200. The first-order valence-electron chi connectivity index (χ1n) is 11.5. The minimum Gasteiger partial charge on any atom is -0.465 e. The van der Waals surface area contributed by atoms with Gasteiger partial charge in [0.1, 0.15) is 30.3 Å². The molecule has 14 heteroatoms. The van der Waals surface area contributed by atoms with Crippen molar-refractivity contribution in [1.82, 2.24) is 20.0 Å². The fourth-order valence-electron chi connectivity index (χ4n) is 4.26. The van der Waals surface area contributed by atoms with E-state index in [4.69, 9.17) is 21.1 Å². The predicted molar refractivity (Wildman–Crippen MR) is 127 cm³/mol. The molecule has 2 aliphatic rings. The van der Waals surface area contributed by atoms with E-state index >= 15 is 0 Å². The van der Waals surface area contributed by atoms with Crippen molar-refractivity contribution in [1.29, 1.82) is 0 Å². The van der Waals surface area contributed by atoms with Gasteiger partial charge in [-0.25, -0.2) is 15.0 Å². The molecule has 0 aromatic heterocycles. The number of amides is 3. The van der Waals surface area contributed by atoms with Gasteiger partial charge in [-0.15, -0.1) is 13.2 Å². The summed E-state index contributed by atoms with van der Waals surface area (Å²) in [7, 11) is 1.46. The summed E-state index contributed by atoms with van der Waals surface area (Å²) in [6, 6.07) is 10.0. The van der Waals surface area contributed by atoms with E-state index in [2.05, 4.69) is 10.1 Å². The van der Waals surface area contributed by atoms with Crippen molar-refractivity contribution in [3.63, 3.8) is 0 Å². The number of hydrogen-bond acceptors (Lipinski definition) is 8. The molecule has 3 unspecified atom stereocenters. The highest BCUT2D eigenvalue weighted by molar-refractivity contribution is 6.30. The van der Waals surface area contributed by atoms with Crippen LogP contribution in [0, 0.1) is 0 Å². The van der Waals surface area contributed by atoms with E-state index in [9.17, 15) is 27.6 Å². The van der Waals surface area contributed by atoms with Gasteiger partial charge in [-0.2, -0.15) is 0 Å². The second kappa shape index (κ2) is 11.1. The quantitative estimate of drug-likeness (QED) is 0.495. The van der Waals surface area contributed by atoms with Crippen molar-refractivity contribution in [2.75, 3.05) is 20.2 Å². The Hall–Kier alpha value is -3.55. The number of carbonyl (C=O) groups is 3. The van der Waals surface area contributed by atoms with Crippen LogP contribution in [0.1, 0.15) is 12.5 Å². The summed E-state index contributed by atoms with van der Waals surface area (Å²) in [4.78, 5) is 42.2. The van der Waals surface area contributed by atoms with Crippen molar-refractivity contribution in [3.05, 3.63) is 59.1 Å². The van der Waals surface area contributed by atoms with E-state index in [1.165, 1.54) is 24.1 Å². The van der Waals surface area contributed by atoms with Crippen LogP contribution in [0.2, 0.25) is 5.02 Å². The van der Waals surface area contributed by atoms with Crippen molar-refractivity contribution in [2.45, 2.75) is 38.4 Å². The molecule has 2 aromatic carbocycles. The van der Waals surface area contributed by atoms with E-state index in [1.54, 1.807) is 36.1 Å². The Morgan fingerprint density at radius 3 is 2.45 bits per heavy atom. The van der Waals surface area contributed by atoms with Crippen molar-refractivity contribution in [3.8, 4) is 11.5 Å². The zero-order valence-corrected chi connectivity index (χ0v) is 21.0. The van der Waals surface area contributed by atoms with Crippen LogP contribution >= 0.6 is 11.6 Å². The first kappa shape index (κ1) is 27.5. The average molecular weight is 557 g/mol. The zero-order valence-electron chi connectivity index (χ0n) is 20.3. The molecule has 2 aromatic rings. The molecule has 2 aliphatic heterocycles. The van der Waals surface area contributed by atoms with Crippen LogP contribution < -0.4 is 14.8 Å². The van der Waals surface area contributed by atoms with E-state index < -0.39 is 55.1 Å². The third-order valence-electron chi connectivity index (χ3n) is 5.90.